The summed E-state index contributed by atoms with van der Waals surface area (Å²) in [5.74, 6) is -0.426. The van der Waals surface area contributed by atoms with Crippen LogP contribution in [0.2, 0.25) is 0 Å². The van der Waals surface area contributed by atoms with E-state index >= 15 is 0 Å². The van der Waals surface area contributed by atoms with Crippen LogP contribution in [0.1, 0.15) is 31.1 Å². The molecule has 1 rings (SSSR count). The van der Waals surface area contributed by atoms with Gasteiger partial charge < -0.3 is 14.6 Å². The number of carbonyl (C=O) groups is 1. The maximum atomic E-state index is 11.5. The molecule has 0 saturated heterocycles. The summed E-state index contributed by atoms with van der Waals surface area (Å²) in [4.78, 5) is 11.5. The molecule has 0 aliphatic heterocycles. The highest BCUT2D eigenvalue weighted by Crippen LogP contribution is 2.30. The number of esters is 1. The van der Waals surface area contributed by atoms with Crippen molar-refractivity contribution in [3.8, 4) is 11.5 Å². The van der Waals surface area contributed by atoms with E-state index in [0.717, 1.165) is 0 Å². The first kappa shape index (κ1) is 12.4. The first-order valence-electron chi connectivity index (χ1n) is 5.22. The number of ether oxygens (including phenoxy) is 2. The summed E-state index contributed by atoms with van der Waals surface area (Å²) in [7, 11) is 0. The van der Waals surface area contributed by atoms with Crippen LogP contribution in [0.5, 0.6) is 11.5 Å². The van der Waals surface area contributed by atoms with Gasteiger partial charge in [0, 0.05) is 0 Å². The first-order chi connectivity index (χ1) is 7.56. The minimum absolute atomic E-state index is 0.0663. The Morgan fingerprint density at radius 3 is 2.69 bits per heavy atom. The van der Waals surface area contributed by atoms with Crippen molar-refractivity contribution in [3.63, 3.8) is 0 Å². The standard InChI is InChI=1S/C12H16O4/c1-4-15-12(14)9-6-5-7-10(11(9)13)16-8(2)3/h5-8,13H,4H2,1-3H3. The van der Waals surface area contributed by atoms with Gasteiger partial charge in [-0.25, -0.2) is 4.79 Å². The second kappa shape index (κ2) is 5.39. The molecule has 1 aromatic rings. The summed E-state index contributed by atoms with van der Waals surface area (Å²) in [6.45, 7) is 5.67. The van der Waals surface area contributed by atoms with Gasteiger partial charge in [0.1, 0.15) is 5.56 Å². The highest BCUT2D eigenvalue weighted by molar-refractivity contribution is 5.93. The van der Waals surface area contributed by atoms with Gasteiger partial charge in [0.2, 0.25) is 0 Å². The van der Waals surface area contributed by atoms with E-state index in [2.05, 4.69) is 0 Å². The molecule has 0 unspecified atom stereocenters. The summed E-state index contributed by atoms with van der Waals surface area (Å²) in [6.07, 6.45) is -0.0663. The van der Waals surface area contributed by atoms with E-state index in [4.69, 9.17) is 9.47 Å². The van der Waals surface area contributed by atoms with Crippen LogP contribution in [-0.4, -0.2) is 23.8 Å². The molecule has 1 aromatic carbocycles. The maximum Gasteiger partial charge on any atom is 0.342 e. The van der Waals surface area contributed by atoms with Crippen LogP contribution in [0.15, 0.2) is 18.2 Å². The lowest BCUT2D eigenvalue weighted by atomic mass is 10.2. The molecule has 0 aliphatic carbocycles. The van der Waals surface area contributed by atoms with Gasteiger partial charge in [-0.1, -0.05) is 6.07 Å². The van der Waals surface area contributed by atoms with E-state index < -0.39 is 5.97 Å². The van der Waals surface area contributed by atoms with Crippen molar-refractivity contribution in [1.82, 2.24) is 0 Å². The fourth-order valence-corrected chi connectivity index (χ4v) is 1.24. The van der Waals surface area contributed by atoms with E-state index in [9.17, 15) is 9.90 Å². The number of hydrogen-bond donors (Lipinski definition) is 1. The molecule has 0 heterocycles. The van der Waals surface area contributed by atoms with E-state index in [0.29, 0.717) is 5.75 Å². The summed E-state index contributed by atoms with van der Waals surface area (Å²) in [6, 6.07) is 4.75. The normalized spacial score (nSPS) is 10.2. The largest absolute Gasteiger partial charge is 0.504 e. The highest BCUT2D eigenvalue weighted by atomic mass is 16.5. The Labute approximate surface area is 94.8 Å². The SMILES string of the molecule is CCOC(=O)c1cccc(OC(C)C)c1O. The molecule has 0 aromatic heterocycles. The average Bonchev–Trinajstić information content (AvgIpc) is 2.21. The van der Waals surface area contributed by atoms with E-state index in [1.807, 2.05) is 13.8 Å². The molecule has 4 nitrogen and oxygen atoms in total. The number of rotatable bonds is 4. The third-order valence-electron chi connectivity index (χ3n) is 1.86. The molecule has 0 atom stereocenters. The number of hydrogen-bond acceptors (Lipinski definition) is 4. The smallest absolute Gasteiger partial charge is 0.342 e. The summed E-state index contributed by atoms with van der Waals surface area (Å²) in [5.41, 5.74) is 0.125. The van der Waals surface area contributed by atoms with Gasteiger partial charge >= 0.3 is 5.97 Å². The molecular weight excluding hydrogens is 208 g/mol. The van der Waals surface area contributed by atoms with Crippen LogP contribution >= 0.6 is 0 Å². The molecule has 88 valence electrons. The summed E-state index contributed by atoms with van der Waals surface area (Å²) < 4.78 is 10.2. The molecule has 0 fully saturated rings. The van der Waals surface area contributed by atoms with Crippen molar-refractivity contribution in [3.05, 3.63) is 23.8 Å². The predicted molar refractivity (Wildman–Crippen MR) is 59.8 cm³/mol. The van der Waals surface area contributed by atoms with Crippen LogP contribution in [0, 0.1) is 0 Å². The molecule has 0 bridgehead atoms. The van der Waals surface area contributed by atoms with E-state index in [1.54, 1.807) is 19.1 Å². The van der Waals surface area contributed by atoms with Gasteiger partial charge in [-0.3, -0.25) is 0 Å². The van der Waals surface area contributed by atoms with Crippen LogP contribution in [0.25, 0.3) is 0 Å². The number of phenolic OH excluding ortho intramolecular Hbond substituents is 1. The maximum absolute atomic E-state index is 11.5. The van der Waals surface area contributed by atoms with Gasteiger partial charge in [-0.15, -0.1) is 0 Å². The monoisotopic (exact) mass is 224 g/mol. The second-order valence-corrected chi connectivity index (χ2v) is 3.54. The number of benzene rings is 1. The minimum Gasteiger partial charge on any atom is -0.504 e. The fourth-order valence-electron chi connectivity index (χ4n) is 1.24. The molecule has 0 amide bonds. The topological polar surface area (TPSA) is 55.8 Å². The van der Waals surface area contributed by atoms with E-state index in [1.165, 1.54) is 6.07 Å². The zero-order valence-corrected chi connectivity index (χ0v) is 9.69. The van der Waals surface area contributed by atoms with E-state index in [-0.39, 0.29) is 24.0 Å². The van der Waals surface area contributed by atoms with Gasteiger partial charge in [0.25, 0.3) is 0 Å². The minimum atomic E-state index is -0.547. The molecule has 16 heavy (non-hydrogen) atoms. The fraction of sp³-hybridized carbons (Fsp3) is 0.417. The number of aromatic hydroxyl groups is 1. The zero-order chi connectivity index (χ0) is 12.1. The molecule has 1 N–H and O–H groups in total. The molecule has 0 spiro atoms. The van der Waals surface area contributed by atoms with Crippen LogP contribution in [0.4, 0.5) is 0 Å². The Kier molecular flexibility index (Phi) is 4.17. The lowest BCUT2D eigenvalue weighted by molar-refractivity contribution is 0.0522. The van der Waals surface area contributed by atoms with Crippen molar-refractivity contribution in [2.75, 3.05) is 6.61 Å². The Morgan fingerprint density at radius 2 is 2.12 bits per heavy atom. The Hall–Kier alpha value is -1.71. The average molecular weight is 224 g/mol. The Balaban J connectivity index is 2.99. The zero-order valence-electron chi connectivity index (χ0n) is 9.69. The molecule has 0 saturated carbocycles. The van der Waals surface area contributed by atoms with Crippen molar-refractivity contribution in [2.24, 2.45) is 0 Å². The summed E-state index contributed by atoms with van der Waals surface area (Å²) >= 11 is 0. The van der Waals surface area contributed by atoms with Crippen molar-refractivity contribution >= 4 is 5.97 Å². The van der Waals surface area contributed by atoms with Gasteiger partial charge in [-0.2, -0.15) is 0 Å². The molecular formula is C12H16O4. The van der Waals surface area contributed by atoms with Crippen molar-refractivity contribution in [2.45, 2.75) is 26.9 Å². The second-order valence-electron chi connectivity index (χ2n) is 3.54. The third kappa shape index (κ3) is 2.89. The number of phenols is 1. The van der Waals surface area contributed by atoms with Crippen molar-refractivity contribution < 1.29 is 19.4 Å². The highest BCUT2D eigenvalue weighted by Gasteiger charge is 2.16. The van der Waals surface area contributed by atoms with Gasteiger partial charge in [0.05, 0.1) is 12.7 Å². The third-order valence-corrected chi connectivity index (χ3v) is 1.86. The van der Waals surface area contributed by atoms with Gasteiger partial charge in [0.15, 0.2) is 11.5 Å². The molecule has 0 aliphatic rings. The summed E-state index contributed by atoms with van der Waals surface area (Å²) in [5, 5.41) is 9.81. The number of para-hydroxylation sites is 1. The predicted octanol–water partition coefficient (Wildman–Crippen LogP) is 2.36. The first-order valence-corrected chi connectivity index (χ1v) is 5.22. The lowest BCUT2D eigenvalue weighted by Gasteiger charge is -2.12. The Bertz CT molecular complexity index is 371. The Morgan fingerprint density at radius 1 is 1.44 bits per heavy atom. The van der Waals surface area contributed by atoms with Crippen molar-refractivity contribution in [1.29, 1.82) is 0 Å². The lowest BCUT2D eigenvalue weighted by Crippen LogP contribution is -2.08. The van der Waals surface area contributed by atoms with Crippen LogP contribution in [-0.2, 0) is 4.74 Å². The molecule has 4 heteroatoms. The quantitative estimate of drug-likeness (QED) is 0.797. The molecule has 0 radical (unpaired) electrons. The van der Waals surface area contributed by atoms with Crippen LogP contribution < -0.4 is 4.74 Å². The number of carbonyl (C=O) groups excluding carboxylic acids is 1. The van der Waals surface area contributed by atoms with Crippen LogP contribution in [0.3, 0.4) is 0 Å². The van der Waals surface area contributed by atoms with Gasteiger partial charge in [-0.05, 0) is 32.9 Å².